The van der Waals surface area contributed by atoms with Crippen molar-refractivity contribution >= 4 is 93.0 Å². The molecule has 0 unspecified atom stereocenters. The molecule has 5 nitrogen and oxygen atoms in total. The molecule has 0 saturated heterocycles. The Morgan fingerprint density at radius 2 is 0.325 bits per heavy atom. The number of hydrogen-bond donors (Lipinski definition) is 0. The molecular formula is C121H78N4O. The second kappa shape index (κ2) is 30.5. The van der Waals surface area contributed by atoms with Gasteiger partial charge in [0.1, 0.15) is 0 Å². The van der Waals surface area contributed by atoms with E-state index in [4.69, 9.17) is 0 Å². The zero-order chi connectivity index (χ0) is 83.3. The van der Waals surface area contributed by atoms with Crippen molar-refractivity contribution in [2.24, 2.45) is 0 Å². The maximum atomic E-state index is 15.2. The number of carbonyl (C=O) groups is 1. The number of para-hydroxylation sites is 4. The van der Waals surface area contributed by atoms with Gasteiger partial charge < -0.3 is 18.3 Å². The Hall–Kier alpha value is -16.7. The van der Waals surface area contributed by atoms with Gasteiger partial charge in [0.05, 0.1) is 44.1 Å². The summed E-state index contributed by atoms with van der Waals surface area (Å²) in [5, 5.41) is 9.30. The molecule has 0 atom stereocenters. The molecule has 0 spiro atoms. The summed E-state index contributed by atoms with van der Waals surface area (Å²) >= 11 is 0. The highest BCUT2D eigenvalue weighted by atomic mass is 16.1. The van der Waals surface area contributed by atoms with Crippen LogP contribution in [0.1, 0.15) is 15.9 Å². The number of aromatic nitrogens is 4. The van der Waals surface area contributed by atoms with Crippen LogP contribution in [0.4, 0.5) is 0 Å². The highest BCUT2D eigenvalue weighted by Crippen LogP contribution is 2.46. The summed E-state index contributed by atoms with van der Waals surface area (Å²) in [6.07, 6.45) is 0. The summed E-state index contributed by atoms with van der Waals surface area (Å²) in [7, 11) is 0. The summed E-state index contributed by atoms with van der Waals surface area (Å²) in [6, 6.07) is 171. The fourth-order valence-electron chi connectivity index (χ4n) is 19.6. The molecule has 24 rings (SSSR count). The van der Waals surface area contributed by atoms with Crippen molar-refractivity contribution in [1.82, 2.24) is 18.3 Å². The topological polar surface area (TPSA) is 36.8 Å². The average Bonchev–Trinajstić information content (AvgIpc) is 1.57. The molecule has 0 bridgehead atoms. The molecule has 24 aromatic rings. The van der Waals surface area contributed by atoms with Crippen LogP contribution >= 0.6 is 0 Å². The zero-order valence-corrected chi connectivity index (χ0v) is 68.7. The second-order valence-corrected chi connectivity index (χ2v) is 33.1. The zero-order valence-electron chi connectivity index (χ0n) is 68.7. The minimum absolute atomic E-state index is 0.0383. The van der Waals surface area contributed by atoms with Gasteiger partial charge in [-0.15, -0.1) is 0 Å². The lowest BCUT2D eigenvalue weighted by molar-refractivity contribution is 0.103. The van der Waals surface area contributed by atoms with E-state index in [0.717, 1.165) is 155 Å². The average molecular weight is 1600 g/mol. The van der Waals surface area contributed by atoms with Gasteiger partial charge in [0.2, 0.25) is 0 Å². The van der Waals surface area contributed by atoms with Crippen LogP contribution in [0, 0.1) is 0 Å². The first-order chi connectivity index (χ1) is 62.3. The molecule has 588 valence electrons. The fourth-order valence-corrected chi connectivity index (χ4v) is 19.6. The summed E-state index contributed by atoms with van der Waals surface area (Å²) < 4.78 is 9.61. The lowest BCUT2D eigenvalue weighted by atomic mass is 9.93. The molecule has 0 aliphatic heterocycles. The maximum absolute atomic E-state index is 15.2. The first-order valence-electron chi connectivity index (χ1n) is 43.2. The van der Waals surface area contributed by atoms with Crippen LogP contribution < -0.4 is 0 Å². The Labute approximate surface area is 729 Å². The van der Waals surface area contributed by atoms with E-state index in [-0.39, 0.29) is 5.78 Å². The van der Waals surface area contributed by atoms with Gasteiger partial charge in [-0.1, -0.05) is 291 Å². The fraction of sp³-hybridized carbons (Fsp3) is 0. The van der Waals surface area contributed by atoms with Crippen LogP contribution in [0.15, 0.2) is 473 Å². The van der Waals surface area contributed by atoms with Gasteiger partial charge in [0.25, 0.3) is 0 Å². The molecule has 0 amide bonds. The van der Waals surface area contributed by atoms with Gasteiger partial charge in [-0.2, -0.15) is 0 Å². The number of rotatable bonds is 16. The van der Waals surface area contributed by atoms with Gasteiger partial charge in [-0.25, -0.2) is 0 Å². The van der Waals surface area contributed by atoms with Gasteiger partial charge in [-0.05, 0) is 293 Å². The molecule has 0 N–H and O–H groups in total. The number of carbonyl (C=O) groups excluding carboxylic acids is 1. The molecule has 20 aromatic carbocycles. The lowest BCUT2D eigenvalue weighted by Gasteiger charge is -2.14. The van der Waals surface area contributed by atoms with Crippen molar-refractivity contribution in [3.63, 3.8) is 0 Å². The molecule has 4 aromatic heterocycles. The Balaban J connectivity index is 0.550. The normalized spacial score (nSPS) is 11.7. The summed E-state index contributed by atoms with van der Waals surface area (Å²) in [4.78, 5) is 15.2. The number of ketones is 1. The Kier molecular flexibility index (Phi) is 17.7. The Morgan fingerprint density at radius 3 is 0.619 bits per heavy atom. The molecular weight excluding hydrogens is 1530 g/mol. The quantitative estimate of drug-likeness (QED) is 0.0888. The van der Waals surface area contributed by atoms with Crippen LogP contribution in [0.2, 0.25) is 0 Å². The summed E-state index contributed by atoms with van der Waals surface area (Å²) in [5.74, 6) is -0.0383. The van der Waals surface area contributed by atoms with Crippen molar-refractivity contribution in [2.45, 2.75) is 0 Å². The Morgan fingerprint density at radius 1 is 0.127 bits per heavy atom. The van der Waals surface area contributed by atoms with Gasteiger partial charge in [-0.3, -0.25) is 4.79 Å². The number of fused-ring (bicyclic) bond motifs is 12. The van der Waals surface area contributed by atoms with Crippen molar-refractivity contribution in [3.05, 3.63) is 484 Å². The third-order valence-corrected chi connectivity index (χ3v) is 25.7. The van der Waals surface area contributed by atoms with Crippen LogP contribution in [-0.2, 0) is 0 Å². The molecule has 126 heavy (non-hydrogen) atoms. The van der Waals surface area contributed by atoms with E-state index in [0.29, 0.717) is 11.1 Å². The minimum Gasteiger partial charge on any atom is -0.309 e. The van der Waals surface area contributed by atoms with E-state index in [2.05, 4.69) is 467 Å². The van der Waals surface area contributed by atoms with Crippen LogP contribution in [-0.4, -0.2) is 24.1 Å². The van der Waals surface area contributed by atoms with E-state index < -0.39 is 0 Å². The van der Waals surface area contributed by atoms with E-state index in [1.54, 1.807) is 0 Å². The predicted octanol–water partition coefficient (Wildman–Crippen LogP) is 32.0. The second-order valence-electron chi connectivity index (χ2n) is 33.1. The van der Waals surface area contributed by atoms with Gasteiger partial charge >= 0.3 is 0 Å². The molecule has 0 aliphatic rings. The Bertz CT molecular complexity index is 7830. The third-order valence-electron chi connectivity index (χ3n) is 25.7. The van der Waals surface area contributed by atoms with Gasteiger partial charge in [0.15, 0.2) is 5.78 Å². The first kappa shape index (κ1) is 73.2. The van der Waals surface area contributed by atoms with Crippen molar-refractivity contribution < 1.29 is 4.79 Å². The van der Waals surface area contributed by atoms with Crippen LogP contribution in [0.5, 0.6) is 0 Å². The van der Waals surface area contributed by atoms with E-state index in [1.165, 1.54) is 66.1 Å². The molecule has 5 heteroatoms. The monoisotopic (exact) mass is 1600 g/mol. The lowest BCUT2D eigenvalue weighted by Crippen LogP contribution is -2.01. The number of hydrogen-bond acceptors (Lipinski definition) is 1. The molecule has 0 aliphatic carbocycles. The van der Waals surface area contributed by atoms with E-state index in [9.17, 15) is 0 Å². The highest BCUT2D eigenvalue weighted by Gasteiger charge is 2.23. The smallest absolute Gasteiger partial charge is 0.193 e. The van der Waals surface area contributed by atoms with E-state index >= 15 is 4.79 Å². The van der Waals surface area contributed by atoms with Crippen molar-refractivity contribution in [3.8, 4) is 134 Å². The number of benzene rings is 20. The summed E-state index contributed by atoms with van der Waals surface area (Å²) in [5.41, 5.74) is 37.2. The summed E-state index contributed by atoms with van der Waals surface area (Å²) in [6.45, 7) is 0. The maximum Gasteiger partial charge on any atom is 0.193 e. The van der Waals surface area contributed by atoms with Crippen molar-refractivity contribution in [1.29, 1.82) is 0 Å². The SMILES string of the molecule is O=C(c1cccc(-c2ccc3c(c2)c2cc(-c4ccc5c(c4)c4ccccc4n5-c4cccc(-c5cc(-c6ccccc6)cc(-c6ccccc6)c5)c4)ccc2n3-c2ccccc2)c1)c1cccc(-c2ccc3c(c2)c2cc(-c4ccc5c(c4)c4ccccc4n5-c4cccc(-c5cc(-c6ccccc6)cc(-c6ccccc6)c5)c4)ccc2n3-c2ccccc2)c1. The predicted molar refractivity (Wildman–Crippen MR) is 528 cm³/mol. The molecule has 0 fully saturated rings. The van der Waals surface area contributed by atoms with Crippen LogP contribution in [0.3, 0.4) is 0 Å². The highest BCUT2D eigenvalue weighted by molar-refractivity contribution is 6.17. The number of nitrogens with zero attached hydrogens (tertiary/aromatic N) is 4. The van der Waals surface area contributed by atoms with Crippen LogP contribution in [0.25, 0.3) is 221 Å². The van der Waals surface area contributed by atoms with Gasteiger partial charge in [0, 0.05) is 77.0 Å². The first-order valence-corrected chi connectivity index (χ1v) is 43.2. The largest absolute Gasteiger partial charge is 0.309 e. The molecule has 0 radical (unpaired) electrons. The third kappa shape index (κ3) is 12.8. The van der Waals surface area contributed by atoms with Crippen molar-refractivity contribution in [2.75, 3.05) is 0 Å². The standard InChI is InChI=1S/C121H78N4O/c126-121(93-39-23-35-83(63-93)87-51-59-117-109(75-87)111-77-91(55-61-119(111)122(117)101-41-15-5-16-42-101)89-53-57-115-107(73-89)105-47-19-21-49-113(105)124(115)103-45-25-37-85(71-103)99-67-95(79-27-7-1-8-28-79)65-96(68-99)80-29-9-2-10-30-80)94-40-24-36-84(64-94)88-52-60-118-110(76-88)112-78-92(56-62-120(112)123(118)102-43-17-6-18-44-102)90-54-58-116-108(74-90)106-48-20-22-50-114(106)125(116)104-46-26-38-86(72-104)100-69-97(81-31-11-3-12-32-81)66-98(70-100)82-33-13-4-14-34-82/h1-78H. The minimum atomic E-state index is -0.0383. The molecule has 4 heterocycles. The molecule has 0 saturated carbocycles. The van der Waals surface area contributed by atoms with E-state index in [1.807, 2.05) is 24.3 Å².